The number of carbonyl (C=O) groups excluding carboxylic acids is 1. The molecule has 0 aliphatic carbocycles. The minimum Gasteiger partial charge on any atom is -0.324 e. The van der Waals surface area contributed by atoms with E-state index in [1.807, 2.05) is 39.0 Å². The fourth-order valence-corrected chi connectivity index (χ4v) is 5.77. The summed E-state index contributed by atoms with van der Waals surface area (Å²) in [6, 6.07) is 8.94. The van der Waals surface area contributed by atoms with Crippen molar-refractivity contribution in [1.82, 2.24) is 9.62 Å². The van der Waals surface area contributed by atoms with Gasteiger partial charge in [-0.25, -0.2) is 13.1 Å². The van der Waals surface area contributed by atoms with Crippen molar-refractivity contribution in [3.05, 3.63) is 46.8 Å². The number of benzene rings is 1. The van der Waals surface area contributed by atoms with Gasteiger partial charge in [-0.1, -0.05) is 23.8 Å². The molecule has 3 rings (SSSR count). The fourth-order valence-electron chi connectivity index (χ4n) is 3.46. The Bertz CT molecular complexity index is 918. The highest BCUT2D eigenvalue weighted by atomic mass is 32.2. The van der Waals surface area contributed by atoms with Crippen molar-refractivity contribution in [2.45, 2.75) is 49.9 Å². The molecule has 8 heteroatoms. The summed E-state index contributed by atoms with van der Waals surface area (Å²) in [5, 5.41) is 4.77. The largest absolute Gasteiger partial charge is 0.324 e. The first-order valence-corrected chi connectivity index (χ1v) is 11.8. The van der Waals surface area contributed by atoms with Crippen molar-refractivity contribution in [2.75, 3.05) is 18.4 Å². The second-order valence-electron chi connectivity index (χ2n) is 7.35. The molecule has 0 radical (unpaired) electrons. The number of hydrogen-bond acceptors (Lipinski definition) is 5. The number of carbonyl (C=O) groups is 1. The van der Waals surface area contributed by atoms with Gasteiger partial charge in [0, 0.05) is 24.8 Å². The number of aryl methyl sites for hydroxylation is 2. The van der Waals surface area contributed by atoms with Crippen LogP contribution in [0.3, 0.4) is 0 Å². The first-order valence-electron chi connectivity index (χ1n) is 9.44. The standard InChI is InChI=1S/C20H27N3O3S2/c1-14-6-7-18(15(2)13-14)21-20(24)16(3)23-10-8-17(9-11-23)22-28(25,26)19-5-4-12-27-19/h4-7,12-13,16-17,22H,8-11H2,1-3H3,(H,21,24)/t16-/m1/s1. The molecule has 1 aliphatic heterocycles. The highest BCUT2D eigenvalue weighted by molar-refractivity contribution is 7.91. The van der Waals surface area contributed by atoms with E-state index in [-0.39, 0.29) is 18.0 Å². The van der Waals surface area contributed by atoms with Crippen LogP contribution in [0.25, 0.3) is 0 Å². The van der Waals surface area contributed by atoms with E-state index < -0.39 is 10.0 Å². The quantitative estimate of drug-likeness (QED) is 0.751. The van der Waals surface area contributed by atoms with Crippen molar-refractivity contribution in [3.63, 3.8) is 0 Å². The van der Waals surface area contributed by atoms with Gasteiger partial charge in [-0.3, -0.25) is 9.69 Å². The van der Waals surface area contributed by atoms with Crippen LogP contribution < -0.4 is 10.0 Å². The molecule has 2 N–H and O–H groups in total. The van der Waals surface area contributed by atoms with E-state index in [0.29, 0.717) is 30.1 Å². The van der Waals surface area contributed by atoms with Crippen molar-refractivity contribution < 1.29 is 13.2 Å². The third kappa shape index (κ3) is 5.00. The summed E-state index contributed by atoms with van der Waals surface area (Å²) >= 11 is 1.22. The molecule has 0 saturated carbocycles. The van der Waals surface area contributed by atoms with E-state index in [0.717, 1.165) is 16.8 Å². The fraction of sp³-hybridized carbons (Fsp3) is 0.450. The van der Waals surface area contributed by atoms with E-state index in [9.17, 15) is 13.2 Å². The van der Waals surface area contributed by atoms with Crippen LogP contribution in [-0.4, -0.2) is 44.4 Å². The molecule has 1 aromatic carbocycles. The Hall–Kier alpha value is -1.74. The Labute approximate surface area is 171 Å². The Morgan fingerprint density at radius 2 is 1.93 bits per heavy atom. The van der Waals surface area contributed by atoms with Gasteiger partial charge in [0.25, 0.3) is 0 Å². The Balaban J connectivity index is 1.53. The minimum absolute atomic E-state index is 0.0374. The normalized spacial score (nSPS) is 17.4. The molecule has 2 heterocycles. The summed E-state index contributed by atoms with van der Waals surface area (Å²) in [5.41, 5.74) is 3.04. The van der Waals surface area contributed by atoms with E-state index in [1.165, 1.54) is 11.3 Å². The van der Waals surface area contributed by atoms with Crippen LogP contribution in [0.2, 0.25) is 0 Å². The number of thiophene rings is 1. The molecule has 2 aromatic rings. The smallest absolute Gasteiger partial charge is 0.250 e. The first-order chi connectivity index (χ1) is 13.3. The van der Waals surface area contributed by atoms with Crippen molar-refractivity contribution in [3.8, 4) is 0 Å². The van der Waals surface area contributed by atoms with Crippen LogP contribution in [0.4, 0.5) is 5.69 Å². The number of nitrogens with one attached hydrogen (secondary N) is 2. The number of piperidine rings is 1. The van der Waals surface area contributed by atoms with Crippen LogP contribution >= 0.6 is 11.3 Å². The summed E-state index contributed by atoms with van der Waals surface area (Å²) in [5.74, 6) is -0.0374. The van der Waals surface area contributed by atoms with Gasteiger partial charge in [-0.15, -0.1) is 11.3 Å². The van der Waals surface area contributed by atoms with Crippen LogP contribution in [-0.2, 0) is 14.8 Å². The molecule has 1 saturated heterocycles. The molecule has 1 atom stereocenters. The van der Waals surface area contributed by atoms with Gasteiger partial charge in [-0.2, -0.15) is 0 Å². The highest BCUT2D eigenvalue weighted by Gasteiger charge is 2.29. The molecule has 0 bridgehead atoms. The van der Waals surface area contributed by atoms with Gasteiger partial charge < -0.3 is 5.32 Å². The molecule has 0 unspecified atom stereocenters. The number of hydrogen-bond donors (Lipinski definition) is 2. The Morgan fingerprint density at radius 3 is 2.54 bits per heavy atom. The monoisotopic (exact) mass is 421 g/mol. The van der Waals surface area contributed by atoms with Crippen LogP contribution in [0.5, 0.6) is 0 Å². The average Bonchev–Trinajstić information content (AvgIpc) is 3.19. The second kappa shape index (κ2) is 8.73. The zero-order chi connectivity index (χ0) is 20.3. The molecule has 0 spiro atoms. The third-order valence-corrected chi connectivity index (χ3v) is 8.10. The molecule has 1 aliphatic rings. The molecule has 1 aromatic heterocycles. The molecule has 1 fully saturated rings. The first kappa shape index (κ1) is 21.0. The molecular formula is C20H27N3O3S2. The predicted octanol–water partition coefficient (Wildman–Crippen LogP) is 3.13. The van der Waals surface area contributed by atoms with E-state index in [2.05, 4.69) is 14.9 Å². The molecule has 1 amide bonds. The van der Waals surface area contributed by atoms with Crippen molar-refractivity contribution in [1.29, 1.82) is 0 Å². The SMILES string of the molecule is Cc1ccc(NC(=O)[C@@H](C)N2CCC(NS(=O)(=O)c3cccs3)CC2)c(C)c1. The number of nitrogens with zero attached hydrogens (tertiary/aromatic N) is 1. The maximum Gasteiger partial charge on any atom is 0.250 e. The van der Waals surface area contributed by atoms with Gasteiger partial charge in [0.05, 0.1) is 6.04 Å². The average molecular weight is 422 g/mol. The second-order valence-corrected chi connectivity index (χ2v) is 10.2. The number of amides is 1. The van der Waals surface area contributed by atoms with E-state index >= 15 is 0 Å². The summed E-state index contributed by atoms with van der Waals surface area (Å²) in [4.78, 5) is 14.8. The number of rotatable bonds is 6. The number of sulfonamides is 1. The summed E-state index contributed by atoms with van der Waals surface area (Å²) in [6.45, 7) is 7.27. The molecular weight excluding hydrogens is 394 g/mol. The zero-order valence-corrected chi connectivity index (χ0v) is 18.1. The van der Waals surface area contributed by atoms with Gasteiger partial charge in [-0.05, 0) is 56.7 Å². The lowest BCUT2D eigenvalue weighted by Gasteiger charge is -2.35. The summed E-state index contributed by atoms with van der Waals surface area (Å²) in [6.07, 6.45) is 1.37. The lowest BCUT2D eigenvalue weighted by Crippen LogP contribution is -2.50. The number of likely N-dealkylation sites (tertiary alicyclic amines) is 1. The van der Waals surface area contributed by atoms with E-state index in [1.54, 1.807) is 17.5 Å². The minimum atomic E-state index is -3.45. The van der Waals surface area contributed by atoms with E-state index in [4.69, 9.17) is 0 Å². The molecule has 28 heavy (non-hydrogen) atoms. The van der Waals surface area contributed by atoms with Gasteiger partial charge in [0.1, 0.15) is 4.21 Å². The Kier molecular flexibility index (Phi) is 6.54. The highest BCUT2D eigenvalue weighted by Crippen LogP contribution is 2.21. The van der Waals surface area contributed by atoms with Crippen LogP contribution in [0, 0.1) is 13.8 Å². The van der Waals surface area contributed by atoms with Gasteiger partial charge in [0.15, 0.2) is 0 Å². The topological polar surface area (TPSA) is 78.5 Å². The van der Waals surface area contributed by atoms with Gasteiger partial charge in [0.2, 0.25) is 15.9 Å². The maximum absolute atomic E-state index is 12.7. The number of anilines is 1. The lowest BCUT2D eigenvalue weighted by atomic mass is 10.0. The maximum atomic E-state index is 12.7. The Morgan fingerprint density at radius 1 is 1.21 bits per heavy atom. The van der Waals surface area contributed by atoms with Crippen LogP contribution in [0.1, 0.15) is 30.9 Å². The third-order valence-electron chi connectivity index (χ3n) is 5.18. The summed E-state index contributed by atoms with van der Waals surface area (Å²) in [7, 11) is -3.45. The molecule has 152 valence electrons. The molecule has 6 nitrogen and oxygen atoms in total. The lowest BCUT2D eigenvalue weighted by molar-refractivity contribution is -0.121. The van der Waals surface area contributed by atoms with Crippen molar-refractivity contribution >= 4 is 33.0 Å². The zero-order valence-electron chi connectivity index (χ0n) is 16.4. The van der Waals surface area contributed by atoms with Crippen LogP contribution in [0.15, 0.2) is 39.9 Å². The van der Waals surface area contributed by atoms with Gasteiger partial charge >= 0.3 is 0 Å². The van der Waals surface area contributed by atoms with Crippen molar-refractivity contribution in [2.24, 2.45) is 0 Å². The predicted molar refractivity (Wildman–Crippen MR) is 113 cm³/mol. The summed E-state index contributed by atoms with van der Waals surface area (Å²) < 4.78 is 27.9.